The van der Waals surface area contributed by atoms with Crippen LogP contribution in [0.5, 0.6) is 0 Å². The second kappa shape index (κ2) is 7.32. The van der Waals surface area contributed by atoms with Gasteiger partial charge in [-0.25, -0.2) is 9.97 Å². The zero-order valence-electron chi connectivity index (χ0n) is 14.8. The highest BCUT2D eigenvalue weighted by Gasteiger charge is 2.16. The maximum atomic E-state index is 5.10. The Morgan fingerprint density at radius 3 is 1.31 bits per heavy atom. The molecule has 0 amide bonds. The van der Waals surface area contributed by atoms with Crippen LogP contribution in [0, 0.1) is 0 Å². The Labute approximate surface area is 154 Å². The molecule has 0 fully saturated rings. The second-order valence-electron chi connectivity index (χ2n) is 6.17. The molecule has 0 unspecified atom stereocenters. The van der Waals surface area contributed by atoms with Gasteiger partial charge in [-0.3, -0.25) is 0 Å². The Balaban J connectivity index is 2.00. The number of nitrogens with zero attached hydrogens (tertiary/aromatic N) is 2. The van der Waals surface area contributed by atoms with Crippen LogP contribution in [0.1, 0.15) is 12.6 Å². The minimum absolute atomic E-state index is 0.839. The van der Waals surface area contributed by atoms with Gasteiger partial charge in [0.25, 0.3) is 0 Å². The fraction of sp³-hybridized carbons (Fsp3) is 0.0833. The minimum Gasteiger partial charge on any atom is -0.248 e. The van der Waals surface area contributed by atoms with E-state index < -0.39 is 0 Å². The molecule has 0 saturated carbocycles. The third-order valence-corrected chi connectivity index (χ3v) is 4.44. The van der Waals surface area contributed by atoms with Crippen molar-refractivity contribution in [2.45, 2.75) is 13.3 Å². The zero-order valence-corrected chi connectivity index (χ0v) is 14.8. The molecule has 0 N–H and O–H groups in total. The number of benzene rings is 3. The number of aromatic nitrogens is 2. The number of hydrogen-bond acceptors (Lipinski definition) is 2. The first-order chi connectivity index (χ1) is 12.9. The standard InChI is InChI=1S/C24H20N2/c1-2-21-22(18-12-6-3-7-13-18)26-24(20-16-10-5-11-17-20)23(25-21)19-14-8-4-9-15-19/h3-17H,2H2,1H3. The molecule has 0 bridgehead atoms. The van der Waals surface area contributed by atoms with E-state index in [4.69, 9.17) is 9.97 Å². The van der Waals surface area contributed by atoms with Crippen molar-refractivity contribution in [1.82, 2.24) is 9.97 Å². The first-order valence-corrected chi connectivity index (χ1v) is 8.94. The van der Waals surface area contributed by atoms with Gasteiger partial charge < -0.3 is 0 Å². The first kappa shape index (κ1) is 16.2. The third-order valence-electron chi connectivity index (χ3n) is 4.44. The van der Waals surface area contributed by atoms with Crippen molar-refractivity contribution in [3.8, 4) is 33.8 Å². The monoisotopic (exact) mass is 336 g/mol. The predicted octanol–water partition coefficient (Wildman–Crippen LogP) is 6.04. The molecule has 0 aliphatic rings. The molecule has 4 rings (SSSR count). The van der Waals surface area contributed by atoms with Gasteiger partial charge in [0.15, 0.2) is 0 Å². The van der Waals surface area contributed by atoms with Gasteiger partial charge in [-0.1, -0.05) is 97.9 Å². The van der Waals surface area contributed by atoms with Crippen LogP contribution in [0.3, 0.4) is 0 Å². The lowest BCUT2D eigenvalue weighted by molar-refractivity contribution is 1.01. The molecular formula is C24H20N2. The summed E-state index contributed by atoms with van der Waals surface area (Å²) in [6.07, 6.45) is 0.839. The van der Waals surface area contributed by atoms with Gasteiger partial charge >= 0.3 is 0 Å². The highest BCUT2D eigenvalue weighted by molar-refractivity contribution is 5.80. The van der Waals surface area contributed by atoms with Crippen LogP contribution >= 0.6 is 0 Å². The normalized spacial score (nSPS) is 10.7. The Kier molecular flexibility index (Phi) is 4.57. The number of rotatable bonds is 4. The van der Waals surface area contributed by atoms with Gasteiger partial charge in [0, 0.05) is 16.7 Å². The van der Waals surface area contributed by atoms with Gasteiger partial charge in [0.1, 0.15) is 0 Å². The van der Waals surface area contributed by atoms with Crippen LogP contribution in [0.4, 0.5) is 0 Å². The molecule has 0 aliphatic heterocycles. The van der Waals surface area contributed by atoms with Crippen molar-refractivity contribution in [2.24, 2.45) is 0 Å². The topological polar surface area (TPSA) is 25.8 Å². The highest BCUT2D eigenvalue weighted by atomic mass is 14.9. The fourth-order valence-corrected chi connectivity index (χ4v) is 3.14. The Hall–Kier alpha value is -3.26. The van der Waals surface area contributed by atoms with Crippen molar-refractivity contribution >= 4 is 0 Å². The molecule has 3 aromatic carbocycles. The lowest BCUT2D eigenvalue weighted by Crippen LogP contribution is -2.02. The molecule has 26 heavy (non-hydrogen) atoms. The van der Waals surface area contributed by atoms with E-state index in [9.17, 15) is 0 Å². The van der Waals surface area contributed by atoms with Crippen LogP contribution < -0.4 is 0 Å². The molecule has 0 aliphatic carbocycles. The van der Waals surface area contributed by atoms with Gasteiger partial charge in [-0.2, -0.15) is 0 Å². The SMILES string of the molecule is CCc1nc(-c2ccccc2)c(-c2ccccc2)nc1-c1ccccc1. The highest BCUT2D eigenvalue weighted by Crippen LogP contribution is 2.33. The van der Waals surface area contributed by atoms with E-state index in [-0.39, 0.29) is 0 Å². The lowest BCUT2D eigenvalue weighted by atomic mass is 10.0. The lowest BCUT2D eigenvalue weighted by Gasteiger charge is -2.14. The van der Waals surface area contributed by atoms with E-state index in [1.165, 1.54) is 0 Å². The van der Waals surface area contributed by atoms with E-state index in [1.54, 1.807) is 0 Å². The summed E-state index contributed by atoms with van der Waals surface area (Å²) >= 11 is 0. The molecule has 2 heteroatoms. The van der Waals surface area contributed by atoms with E-state index in [0.29, 0.717) is 0 Å². The number of aryl methyl sites for hydroxylation is 1. The third kappa shape index (κ3) is 3.14. The summed E-state index contributed by atoms with van der Waals surface area (Å²) in [4.78, 5) is 10.1. The molecule has 4 aromatic rings. The number of hydrogen-bond donors (Lipinski definition) is 0. The molecule has 0 radical (unpaired) electrons. The Morgan fingerprint density at radius 2 is 0.885 bits per heavy atom. The molecule has 1 aromatic heterocycles. The maximum absolute atomic E-state index is 5.10. The average Bonchev–Trinajstić information content (AvgIpc) is 2.74. The molecule has 0 saturated heterocycles. The van der Waals surface area contributed by atoms with Gasteiger partial charge in [0.05, 0.1) is 22.8 Å². The average molecular weight is 336 g/mol. The van der Waals surface area contributed by atoms with E-state index in [0.717, 1.165) is 45.9 Å². The molecule has 0 spiro atoms. The summed E-state index contributed by atoms with van der Waals surface area (Å²) in [6, 6.07) is 30.9. The first-order valence-electron chi connectivity index (χ1n) is 8.94. The van der Waals surface area contributed by atoms with E-state index in [1.807, 2.05) is 54.6 Å². The smallest absolute Gasteiger partial charge is 0.0973 e. The van der Waals surface area contributed by atoms with Crippen LogP contribution in [0.25, 0.3) is 33.8 Å². The quantitative estimate of drug-likeness (QED) is 0.454. The van der Waals surface area contributed by atoms with E-state index in [2.05, 4.69) is 43.3 Å². The second-order valence-corrected chi connectivity index (χ2v) is 6.17. The largest absolute Gasteiger partial charge is 0.248 e. The fourth-order valence-electron chi connectivity index (χ4n) is 3.14. The van der Waals surface area contributed by atoms with Crippen LogP contribution in [-0.2, 0) is 6.42 Å². The van der Waals surface area contributed by atoms with Gasteiger partial charge in [-0.15, -0.1) is 0 Å². The van der Waals surface area contributed by atoms with Gasteiger partial charge in [-0.05, 0) is 6.42 Å². The summed E-state index contributed by atoms with van der Waals surface area (Å²) in [6.45, 7) is 2.13. The van der Waals surface area contributed by atoms with Crippen molar-refractivity contribution in [2.75, 3.05) is 0 Å². The molecule has 126 valence electrons. The molecular weight excluding hydrogens is 316 g/mol. The molecule has 2 nitrogen and oxygen atoms in total. The minimum atomic E-state index is 0.839. The van der Waals surface area contributed by atoms with Crippen LogP contribution in [-0.4, -0.2) is 9.97 Å². The van der Waals surface area contributed by atoms with Crippen molar-refractivity contribution in [1.29, 1.82) is 0 Å². The zero-order chi connectivity index (χ0) is 17.8. The Bertz CT molecular complexity index is 994. The van der Waals surface area contributed by atoms with Crippen LogP contribution in [0.15, 0.2) is 91.0 Å². The van der Waals surface area contributed by atoms with Crippen molar-refractivity contribution in [3.05, 3.63) is 96.7 Å². The van der Waals surface area contributed by atoms with Gasteiger partial charge in [0.2, 0.25) is 0 Å². The van der Waals surface area contributed by atoms with Crippen LogP contribution in [0.2, 0.25) is 0 Å². The predicted molar refractivity (Wildman–Crippen MR) is 108 cm³/mol. The van der Waals surface area contributed by atoms with Crippen molar-refractivity contribution < 1.29 is 0 Å². The maximum Gasteiger partial charge on any atom is 0.0973 e. The summed E-state index contributed by atoms with van der Waals surface area (Å²) in [7, 11) is 0. The van der Waals surface area contributed by atoms with Crippen molar-refractivity contribution in [3.63, 3.8) is 0 Å². The molecule has 0 atom stereocenters. The molecule has 1 heterocycles. The van der Waals surface area contributed by atoms with E-state index >= 15 is 0 Å². The summed E-state index contributed by atoms with van der Waals surface area (Å²) in [5.74, 6) is 0. The summed E-state index contributed by atoms with van der Waals surface area (Å²) < 4.78 is 0. The summed E-state index contributed by atoms with van der Waals surface area (Å²) in [5.41, 5.74) is 7.13. The Morgan fingerprint density at radius 1 is 0.500 bits per heavy atom. The summed E-state index contributed by atoms with van der Waals surface area (Å²) in [5, 5.41) is 0.